The van der Waals surface area contributed by atoms with Crippen molar-refractivity contribution in [1.82, 2.24) is 0 Å². The summed E-state index contributed by atoms with van der Waals surface area (Å²) >= 11 is 0. The summed E-state index contributed by atoms with van der Waals surface area (Å²) in [5.74, 6) is 1.43. The third kappa shape index (κ3) is 4.99. The van der Waals surface area contributed by atoms with Crippen LogP contribution in [0.2, 0.25) is 0 Å². The van der Waals surface area contributed by atoms with E-state index in [2.05, 4.69) is 26.1 Å². The maximum atomic E-state index is 12.4. The second kappa shape index (κ2) is 8.06. The van der Waals surface area contributed by atoms with Crippen molar-refractivity contribution in [3.63, 3.8) is 0 Å². The van der Waals surface area contributed by atoms with E-state index in [-0.39, 0.29) is 11.3 Å². The first-order valence-corrected chi connectivity index (χ1v) is 8.45. The minimum absolute atomic E-state index is 0.00313. The Morgan fingerprint density at radius 1 is 1.00 bits per heavy atom. The van der Waals surface area contributed by atoms with Crippen molar-refractivity contribution in [3.05, 3.63) is 53.6 Å². The number of hydrogen-bond acceptors (Lipinski definition) is 3. The first-order chi connectivity index (χ1) is 11.8. The number of anilines is 1. The first kappa shape index (κ1) is 18.8. The first-order valence-electron chi connectivity index (χ1n) is 8.45. The number of hydrogen-bond donors (Lipinski definition) is 1. The van der Waals surface area contributed by atoms with Crippen molar-refractivity contribution in [1.29, 1.82) is 0 Å². The summed E-state index contributed by atoms with van der Waals surface area (Å²) in [5, 5.41) is 2.98. The number of ether oxygens (including phenoxy) is 2. The fraction of sp³-hybridized carbons (Fsp3) is 0.381. The van der Waals surface area contributed by atoms with Gasteiger partial charge in [-0.3, -0.25) is 4.79 Å². The Labute approximate surface area is 150 Å². The molecule has 1 N–H and O–H groups in total. The van der Waals surface area contributed by atoms with Crippen LogP contribution in [0.3, 0.4) is 0 Å². The summed E-state index contributed by atoms with van der Waals surface area (Å²) in [6.45, 7) is 6.42. The van der Waals surface area contributed by atoms with Gasteiger partial charge in [0.05, 0.1) is 19.9 Å². The number of amides is 1. The van der Waals surface area contributed by atoms with Crippen LogP contribution >= 0.6 is 0 Å². The van der Waals surface area contributed by atoms with Gasteiger partial charge in [0.15, 0.2) is 0 Å². The van der Waals surface area contributed by atoms with Gasteiger partial charge in [-0.1, -0.05) is 45.0 Å². The van der Waals surface area contributed by atoms with Crippen molar-refractivity contribution < 1.29 is 14.3 Å². The topological polar surface area (TPSA) is 47.6 Å². The molecule has 0 aliphatic rings. The standard InChI is InChI=1S/C21H27NO3/c1-21(2,3)16-11-12-19(25-5)17(14-16)22-20(23)13-10-15-8-6-7-9-18(15)24-4/h6-9,11-12,14H,10,13H2,1-5H3,(H,22,23). The number of carbonyl (C=O) groups excluding carboxylic acids is 1. The molecule has 0 aliphatic carbocycles. The molecule has 0 fully saturated rings. The molecule has 4 heteroatoms. The molecule has 0 saturated heterocycles. The smallest absolute Gasteiger partial charge is 0.224 e. The van der Waals surface area contributed by atoms with Gasteiger partial charge in [0.25, 0.3) is 0 Å². The SMILES string of the molecule is COc1ccccc1CCC(=O)Nc1cc(C(C)(C)C)ccc1OC. The molecule has 0 saturated carbocycles. The second-order valence-electron chi connectivity index (χ2n) is 7.03. The number of methoxy groups -OCH3 is 2. The molecule has 0 heterocycles. The van der Waals surface area contributed by atoms with E-state index in [0.29, 0.717) is 24.3 Å². The highest BCUT2D eigenvalue weighted by molar-refractivity contribution is 5.92. The van der Waals surface area contributed by atoms with E-state index in [1.165, 1.54) is 0 Å². The number of rotatable bonds is 6. The predicted octanol–water partition coefficient (Wildman–Crippen LogP) is 4.57. The van der Waals surface area contributed by atoms with Gasteiger partial charge in [-0.05, 0) is 41.2 Å². The Morgan fingerprint density at radius 2 is 1.68 bits per heavy atom. The third-order valence-corrected chi connectivity index (χ3v) is 4.15. The lowest BCUT2D eigenvalue weighted by atomic mass is 9.87. The van der Waals surface area contributed by atoms with E-state index in [0.717, 1.165) is 16.9 Å². The van der Waals surface area contributed by atoms with Gasteiger partial charge in [-0.25, -0.2) is 0 Å². The lowest BCUT2D eigenvalue weighted by Gasteiger charge is -2.21. The summed E-state index contributed by atoms with van der Waals surface area (Å²) in [6, 6.07) is 13.7. The van der Waals surface area contributed by atoms with Gasteiger partial charge >= 0.3 is 0 Å². The molecule has 0 unspecified atom stereocenters. The Balaban J connectivity index is 2.09. The molecule has 0 aliphatic heterocycles. The fourth-order valence-electron chi connectivity index (χ4n) is 2.64. The van der Waals surface area contributed by atoms with Gasteiger partial charge in [0.1, 0.15) is 11.5 Å². The molecule has 0 bridgehead atoms. The summed E-state index contributed by atoms with van der Waals surface area (Å²) < 4.78 is 10.7. The van der Waals surface area contributed by atoms with Gasteiger partial charge in [0.2, 0.25) is 5.91 Å². The van der Waals surface area contributed by atoms with Crippen LogP contribution in [0.25, 0.3) is 0 Å². The van der Waals surface area contributed by atoms with Crippen molar-refractivity contribution in [2.75, 3.05) is 19.5 Å². The minimum atomic E-state index is -0.0461. The number of aryl methyl sites for hydroxylation is 1. The summed E-state index contributed by atoms with van der Waals surface area (Å²) in [4.78, 5) is 12.4. The predicted molar refractivity (Wildman–Crippen MR) is 102 cm³/mol. The van der Waals surface area contributed by atoms with Crippen LogP contribution in [0, 0.1) is 0 Å². The number of para-hydroxylation sites is 1. The maximum Gasteiger partial charge on any atom is 0.224 e. The Kier molecular flexibility index (Phi) is 6.07. The van der Waals surface area contributed by atoms with Crippen molar-refractivity contribution in [2.24, 2.45) is 0 Å². The number of carbonyl (C=O) groups is 1. The zero-order valence-corrected chi connectivity index (χ0v) is 15.7. The van der Waals surface area contributed by atoms with Crippen LogP contribution in [0.5, 0.6) is 11.5 Å². The molecular weight excluding hydrogens is 314 g/mol. The molecule has 25 heavy (non-hydrogen) atoms. The van der Waals surface area contributed by atoms with Crippen LogP contribution < -0.4 is 14.8 Å². The number of benzene rings is 2. The van der Waals surface area contributed by atoms with Crippen molar-refractivity contribution in [3.8, 4) is 11.5 Å². The Bertz CT molecular complexity index is 732. The van der Waals surface area contributed by atoms with Crippen LogP contribution in [0.15, 0.2) is 42.5 Å². The van der Waals surface area contributed by atoms with Crippen LogP contribution in [-0.2, 0) is 16.6 Å². The van der Waals surface area contributed by atoms with Gasteiger partial charge in [0, 0.05) is 6.42 Å². The molecule has 0 atom stereocenters. The monoisotopic (exact) mass is 341 g/mol. The highest BCUT2D eigenvalue weighted by atomic mass is 16.5. The van der Waals surface area contributed by atoms with Crippen LogP contribution in [0.1, 0.15) is 38.3 Å². The van der Waals surface area contributed by atoms with Crippen molar-refractivity contribution >= 4 is 11.6 Å². The average molecular weight is 341 g/mol. The molecule has 2 aromatic rings. The summed E-state index contributed by atoms with van der Waals surface area (Å²) in [7, 11) is 3.25. The highest BCUT2D eigenvalue weighted by Crippen LogP contribution is 2.31. The highest BCUT2D eigenvalue weighted by Gasteiger charge is 2.17. The molecule has 0 spiro atoms. The maximum absolute atomic E-state index is 12.4. The summed E-state index contributed by atoms with van der Waals surface area (Å²) in [5.41, 5.74) is 2.88. The molecule has 4 nitrogen and oxygen atoms in total. The Hall–Kier alpha value is -2.49. The zero-order chi connectivity index (χ0) is 18.4. The van der Waals surface area contributed by atoms with E-state index < -0.39 is 0 Å². The minimum Gasteiger partial charge on any atom is -0.496 e. The van der Waals surface area contributed by atoms with Gasteiger partial charge in [-0.15, -0.1) is 0 Å². The lowest BCUT2D eigenvalue weighted by molar-refractivity contribution is -0.116. The largest absolute Gasteiger partial charge is 0.496 e. The molecule has 1 amide bonds. The van der Waals surface area contributed by atoms with E-state index >= 15 is 0 Å². The summed E-state index contributed by atoms with van der Waals surface area (Å²) in [6.07, 6.45) is 1.00. The van der Waals surface area contributed by atoms with Gasteiger partial charge in [-0.2, -0.15) is 0 Å². The molecular formula is C21H27NO3. The van der Waals surface area contributed by atoms with E-state index in [1.807, 2.05) is 42.5 Å². The second-order valence-corrected chi connectivity index (χ2v) is 7.03. The molecule has 0 radical (unpaired) electrons. The Morgan fingerprint density at radius 3 is 2.32 bits per heavy atom. The molecule has 2 rings (SSSR count). The molecule has 0 aromatic heterocycles. The van der Waals surface area contributed by atoms with E-state index in [1.54, 1.807) is 14.2 Å². The quantitative estimate of drug-likeness (QED) is 0.837. The molecule has 134 valence electrons. The van der Waals surface area contributed by atoms with E-state index in [9.17, 15) is 4.79 Å². The zero-order valence-electron chi connectivity index (χ0n) is 15.7. The fourth-order valence-corrected chi connectivity index (χ4v) is 2.64. The normalized spacial score (nSPS) is 11.1. The van der Waals surface area contributed by atoms with Crippen molar-refractivity contribution in [2.45, 2.75) is 39.0 Å². The van der Waals surface area contributed by atoms with E-state index in [4.69, 9.17) is 9.47 Å². The number of nitrogens with one attached hydrogen (secondary N) is 1. The molecule has 2 aromatic carbocycles. The van der Waals surface area contributed by atoms with Gasteiger partial charge < -0.3 is 14.8 Å². The third-order valence-electron chi connectivity index (χ3n) is 4.15. The van der Waals surface area contributed by atoms with Crippen LogP contribution in [0.4, 0.5) is 5.69 Å². The average Bonchev–Trinajstić information content (AvgIpc) is 2.59. The lowest BCUT2D eigenvalue weighted by Crippen LogP contribution is -2.16. The van der Waals surface area contributed by atoms with Crippen LogP contribution in [-0.4, -0.2) is 20.1 Å².